The van der Waals surface area contributed by atoms with E-state index in [2.05, 4.69) is 24.1 Å². The highest BCUT2D eigenvalue weighted by Gasteiger charge is 2.20. The van der Waals surface area contributed by atoms with Crippen LogP contribution in [0.3, 0.4) is 0 Å². The van der Waals surface area contributed by atoms with Crippen molar-refractivity contribution in [3.05, 3.63) is 34.4 Å². The predicted molar refractivity (Wildman–Crippen MR) is 84.8 cm³/mol. The van der Waals surface area contributed by atoms with Crippen LogP contribution in [0, 0.1) is 10.1 Å². The largest absolute Gasteiger partial charge is 0.377 e. The van der Waals surface area contributed by atoms with Gasteiger partial charge < -0.3 is 10.2 Å². The number of nitrogens with zero attached hydrogens (tertiary/aromatic N) is 2. The van der Waals surface area contributed by atoms with Crippen molar-refractivity contribution in [2.75, 3.05) is 31.5 Å². The van der Waals surface area contributed by atoms with Gasteiger partial charge in [-0.25, -0.2) is 0 Å². The Kier molecular flexibility index (Phi) is 4.92. The van der Waals surface area contributed by atoms with E-state index < -0.39 is 0 Å². The zero-order chi connectivity index (χ0) is 14.5. The third-order valence-corrected chi connectivity index (χ3v) is 4.49. The fraction of sp³-hybridized carbons (Fsp3) is 0.429. The summed E-state index contributed by atoms with van der Waals surface area (Å²) in [6, 6.07) is 7.66. The molecule has 0 aliphatic rings. The van der Waals surface area contributed by atoms with E-state index in [4.69, 9.17) is 0 Å². The van der Waals surface area contributed by atoms with Crippen molar-refractivity contribution in [3.8, 4) is 0 Å². The number of nitrogens with one attached hydrogen (secondary N) is 1. The number of likely N-dealkylation sites (N-methyl/N-ethyl adjacent to an activating group) is 1. The summed E-state index contributed by atoms with van der Waals surface area (Å²) in [5.41, 5.74) is 0.655. The molecular weight excluding hydrogens is 274 g/mol. The quantitative estimate of drug-likeness (QED) is 0.626. The van der Waals surface area contributed by atoms with Crippen molar-refractivity contribution in [2.45, 2.75) is 13.8 Å². The predicted octanol–water partition coefficient (Wildman–Crippen LogP) is 3.56. The molecule has 0 aliphatic heterocycles. The van der Waals surface area contributed by atoms with Gasteiger partial charge in [-0.05, 0) is 19.2 Å². The van der Waals surface area contributed by atoms with Gasteiger partial charge in [0.1, 0.15) is 5.69 Å². The molecule has 1 heterocycles. The van der Waals surface area contributed by atoms with Crippen molar-refractivity contribution in [2.24, 2.45) is 0 Å². The highest BCUT2D eigenvalue weighted by Crippen LogP contribution is 2.41. The molecule has 0 atom stereocenters. The molecule has 0 radical (unpaired) electrons. The zero-order valence-electron chi connectivity index (χ0n) is 11.8. The first-order valence-electron chi connectivity index (χ1n) is 6.79. The molecule has 0 spiro atoms. The van der Waals surface area contributed by atoms with Gasteiger partial charge in [0.05, 0.1) is 4.92 Å². The van der Waals surface area contributed by atoms with Crippen LogP contribution in [0.15, 0.2) is 24.3 Å². The molecule has 1 aromatic carbocycles. The average Bonchev–Trinajstić information content (AvgIpc) is 2.83. The van der Waals surface area contributed by atoms with Gasteiger partial charge in [0.25, 0.3) is 0 Å². The number of thiophene rings is 1. The summed E-state index contributed by atoms with van der Waals surface area (Å²) in [6.07, 6.45) is 0. The summed E-state index contributed by atoms with van der Waals surface area (Å²) in [5, 5.41) is 15.5. The summed E-state index contributed by atoms with van der Waals surface area (Å²) in [6.45, 7) is 7.81. The lowest BCUT2D eigenvalue weighted by atomic mass is 10.2. The minimum atomic E-state index is -0.301. The van der Waals surface area contributed by atoms with Crippen LogP contribution in [-0.2, 0) is 0 Å². The Labute approximate surface area is 122 Å². The molecule has 0 fully saturated rings. The van der Waals surface area contributed by atoms with Crippen molar-refractivity contribution in [3.63, 3.8) is 0 Å². The first-order valence-corrected chi connectivity index (χ1v) is 7.61. The molecule has 0 aliphatic carbocycles. The molecule has 108 valence electrons. The molecule has 0 unspecified atom stereocenters. The third kappa shape index (κ3) is 3.08. The van der Waals surface area contributed by atoms with Crippen LogP contribution < -0.4 is 5.32 Å². The Balaban J connectivity index is 2.19. The molecule has 6 heteroatoms. The van der Waals surface area contributed by atoms with E-state index in [9.17, 15) is 10.1 Å². The van der Waals surface area contributed by atoms with E-state index in [1.54, 1.807) is 0 Å². The van der Waals surface area contributed by atoms with Crippen LogP contribution in [0.25, 0.3) is 10.1 Å². The maximum Gasteiger partial charge on any atom is 0.348 e. The number of benzene rings is 1. The SMILES string of the molecule is CCN(CC)CCNc1c([N+](=O)[O-])sc2ccccc12. The van der Waals surface area contributed by atoms with Crippen LogP contribution in [0.4, 0.5) is 10.7 Å². The maximum absolute atomic E-state index is 11.2. The van der Waals surface area contributed by atoms with Gasteiger partial charge >= 0.3 is 5.00 Å². The Morgan fingerprint density at radius 2 is 2.00 bits per heavy atom. The molecule has 1 aromatic heterocycles. The minimum absolute atomic E-state index is 0.200. The van der Waals surface area contributed by atoms with Crippen LogP contribution in [-0.4, -0.2) is 36.0 Å². The van der Waals surface area contributed by atoms with E-state index in [1.165, 1.54) is 11.3 Å². The van der Waals surface area contributed by atoms with Crippen LogP contribution in [0.1, 0.15) is 13.8 Å². The van der Waals surface area contributed by atoms with Crippen molar-refractivity contribution in [1.29, 1.82) is 0 Å². The van der Waals surface area contributed by atoms with Crippen LogP contribution in [0.2, 0.25) is 0 Å². The zero-order valence-corrected chi connectivity index (χ0v) is 12.6. The lowest BCUT2D eigenvalue weighted by Gasteiger charge is -2.18. The van der Waals surface area contributed by atoms with E-state index >= 15 is 0 Å². The molecule has 5 nitrogen and oxygen atoms in total. The summed E-state index contributed by atoms with van der Waals surface area (Å²) in [5.74, 6) is 0. The van der Waals surface area contributed by atoms with Gasteiger partial charge in [-0.1, -0.05) is 43.4 Å². The van der Waals surface area contributed by atoms with Crippen molar-refractivity contribution in [1.82, 2.24) is 4.90 Å². The molecule has 0 bridgehead atoms. The second kappa shape index (κ2) is 6.67. The van der Waals surface area contributed by atoms with Gasteiger partial charge in [0, 0.05) is 23.2 Å². The molecule has 1 N–H and O–H groups in total. The summed E-state index contributed by atoms with van der Waals surface area (Å²) >= 11 is 1.23. The van der Waals surface area contributed by atoms with Crippen LogP contribution >= 0.6 is 11.3 Å². The third-order valence-electron chi connectivity index (χ3n) is 3.37. The van der Waals surface area contributed by atoms with Gasteiger partial charge in [-0.2, -0.15) is 0 Å². The Morgan fingerprint density at radius 1 is 1.30 bits per heavy atom. The van der Waals surface area contributed by atoms with Gasteiger partial charge in [0.2, 0.25) is 0 Å². The Bertz CT molecular complexity index is 593. The summed E-state index contributed by atoms with van der Waals surface area (Å²) in [7, 11) is 0. The smallest absolute Gasteiger partial charge is 0.348 e. The highest BCUT2D eigenvalue weighted by molar-refractivity contribution is 7.23. The first-order chi connectivity index (χ1) is 9.67. The molecule has 2 aromatic rings. The van der Waals surface area contributed by atoms with E-state index in [-0.39, 0.29) is 9.92 Å². The standard InChI is InChI=1S/C14H19N3O2S/c1-3-16(4-2)10-9-15-13-11-7-5-6-8-12(11)20-14(13)17(18)19/h5-8,15H,3-4,9-10H2,1-2H3. The second-order valence-electron chi connectivity index (χ2n) is 4.49. The second-order valence-corrected chi connectivity index (χ2v) is 5.52. The van der Waals surface area contributed by atoms with Gasteiger partial charge in [-0.3, -0.25) is 10.1 Å². The number of hydrogen-bond acceptors (Lipinski definition) is 5. The highest BCUT2D eigenvalue weighted by atomic mass is 32.1. The van der Waals surface area contributed by atoms with Crippen LogP contribution in [0.5, 0.6) is 0 Å². The van der Waals surface area contributed by atoms with E-state index in [1.807, 2.05) is 24.3 Å². The average molecular weight is 293 g/mol. The number of rotatable bonds is 7. The Morgan fingerprint density at radius 3 is 2.65 bits per heavy atom. The van der Waals surface area contributed by atoms with E-state index in [0.29, 0.717) is 12.2 Å². The molecule has 0 saturated heterocycles. The molecule has 20 heavy (non-hydrogen) atoms. The Hall–Kier alpha value is -1.66. The monoisotopic (exact) mass is 293 g/mol. The fourth-order valence-corrected chi connectivity index (χ4v) is 3.20. The van der Waals surface area contributed by atoms with Gasteiger partial charge in [-0.15, -0.1) is 0 Å². The summed E-state index contributed by atoms with van der Waals surface area (Å²) < 4.78 is 0.949. The number of nitro groups is 1. The normalized spacial score (nSPS) is 11.2. The molecular formula is C14H19N3O2S. The number of anilines is 1. The first kappa shape index (κ1) is 14.7. The van der Waals surface area contributed by atoms with E-state index in [0.717, 1.165) is 29.7 Å². The number of hydrogen-bond donors (Lipinski definition) is 1. The fourth-order valence-electron chi connectivity index (χ4n) is 2.21. The maximum atomic E-state index is 11.2. The lowest BCUT2D eigenvalue weighted by Crippen LogP contribution is -2.28. The van der Waals surface area contributed by atoms with Crippen molar-refractivity contribution >= 4 is 32.1 Å². The minimum Gasteiger partial charge on any atom is -0.377 e. The molecule has 0 saturated carbocycles. The molecule has 0 amide bonds. The lowest BCUT2D eigenvalue weighted by molar-refractivity contribution is -0.379. The van der Waals surface area contributed by atoms with Crippen molar-refractivity contribution < 1.29 is 4.92 Å². The summed E-state index contributed by atoms with van der Waals surface area (Å²) in [4.78, 5) is 13.2. The topological polar surface area (TPSA) is 58.4 Å². The molecule has 2 rings (SSSR count). The van der Waals surface area contributed by atoms with Gasteiger partial charge in [0.15, 0.2) is 0 Å². The number of fused-ring (bicyclic) bond motifs is 1.